The zero-order valence-electron chi connectivity index (χ0n) is 19.4. The second-order valence-electron chi connectivity index (χ2n) is 8.39. The molecule has 0 saturated heterocycles. The summed E-state index contributed by atoms with van der Waals surface area (Å²) in [7, 11) is 3.09. The zero-order chi connectivity index (χ0) is 24.2. The van der Waals surface area contributed by atoms with Crippen LogP contribution in [0.3, 0.4) is 0 Å². The Bertz CT molecular complexity index is 1110. The molecule has 1 aliphatic heterocycles. The van der Waals surface area contributed by atoms with Crippen LogP contribution in [0.25, 0.3) is 6.08 Å². The topological polar surface area (TPSA) is 92.1 Å². The van der Waals surface area contributed by atoms with E-state index in [1.165, 1.54) is 23.0 Å². The van der Waals surface area contributed by atoms with Crippen LogP contribution in [0, 0.1) is 11.3 Å². The van der Waals surface area contributed by atoms with Crippen molar-refractivity contribution in [2.24, 2.45) is 0 Å². The van der Waals surface area contributed by atoms with Gasteiger partial charge >= 0.3 is 6.09 Å². The molecule has 0 atom stereocenters. The number of nitrogens with zero attached hydrogens (tertiary/aromatic N) is 3. The van der Waals surface area contributed by atoms with Gasteiger partial charge in [0.2, 0.25) is 0 Å². The first-order valence-electron chi connectivity index (χ1n) is 10.4. The van der Waals surface area contributed by atoms with Gasteiger partial charge in [0.25, 0.3) is 5.91 Å². The maximum atomic E-state index is 13.4. The van der Waals surface area contributed by atoms with Gasteiger partial charge in [0.1, 0.15) is 28.7 Å². The number of hydrogen-bond donors (Lipinski definition) is 0. The van der Waals surface area contributed by atoms with E-state index < -0.39 is 17.6 Å². The normalized spacial score (nSPS) is 13.6. The van der Waals surface area contributed by atoms with Crippen LogP contribution in [-0.4, -0.2) is 44.9 Å². The molecule has 0 saturated carbocycles. The fraction of sp³-hybridized carbons (Fsp3) is 0.320. The molecule has 0 radical (unpaired) electrons. The Kier molecular flexibility index (Phi) is 6.92. The zero-order valence-corrected chi connectivity index (χ0v) is 19.4. The van der Waals surface area contributed by atoms with Crippen LogP contribution in [0.15, 0.2) is 48.0 Å². The number of rotatable bonds is 4. The van der Waals surface area contributed by atoms with Gasteiger partial charge in [0.05, 0.1) is 25.6 Å². The van der Waals surface area contributed by atoms with Crippen LogP contribution in [0.5, 0.6) is 11.5 Å². The van der Waals surface area contributed by atoms with Crippen molar-refractivity contribution >= 4 is 29.5 Å². The van der Waals surface area contributed by atoms with Crippen molar-refractivity contribution in [2.45, 2.75) is 26.4 Å². The lowest BCUT2D eigenvalue weighted by atomic mass is 10.1. The number of carbonyl (C=O) groups is 2. The molecule has 0 bridgehead atoms. The number of amides is 2. The maximum Gasteiger partial charge on any atom is 0.414 e. The van der Waals surface area contributed by atoms with Gasteiger partial charge in [-0.3, -0.25) is 9.69 Å². The summed E-state index contributed by atoms with van der Waals surface area (Å²) in [5.74, 6) is 0.734. The summed E-state index contributed by atoms with van der Waals surface area (Å²) in [5.41, 5.74) is 0.975. The molecule has 2 aromatic carbocycles. The SMILES string of the molecule is COc1ccc(C=C(C#N)C(=O)N2CCN(C(=O)OC(C)(C)C)c3ccc(OC)cc32)cc1. The smallest absolute Gasteiger partial charge is 0.414 e. The van der Waals surface area contributed by atoms with Crippen molar-refractivity contribution in [1.82, 2.24) is 0 Å². The van der Waals surface area contributed by atoms with Gasteiger partial charge in [-0.15, -0.1) is 0 Å². The Balaban J connectivity index is 1.97. The number of methoxy groups -OCH3 is 2. The Morgan fingerprint density at radius 2 is 1.55 bits per heavy atom. The predicted molar refractivity (Wildman–Crippen MR) is 126 cm³/mol. The highest BCUT2D eigenvalue weighted by atomic mass is 16.6. The number of nitriles is 1. The molecular weight excluding hydrogens is 422 g/mol. The largest absolute Gasteiger partial charge is 0.497 e. The summed E-state index contributed by atoms with van der Waals surface area (Å²) >= 11 is 0. The lowest BCUT2D eigenvalue weighted by Crippen LogP contribution is -2.48. The van der Waals surface area contributed by atoms with E-state index >= 15 is 0 Å². The van der Waals surface area contributed by atoms with E-state index in [-0.39, 0.29) is 18.7 Å². The fourth-order valence-corrected chi connectivity index (χ4v) is 3.39. The van der Waals surface area contributed by atoms with Gasteiger partial charge < -0.3 is 19.1 Å². The number of anilines is 2. The monoisotopic (exact) mass is 449 g/mol. The molecule has 2 aromatic rings. The van der Waals surface area contributed by atoms with E-state index in [1.54, 1.807) is 70.3 Å². The Labute approximate surface area is 193 Å². The van der Waals surface area contributed by atoms with Crippen LogP contribution in [0.4, 0.5) is 16.2 Å². The highest BCUT2D eigenvalue weighted by Crippen LogP contribution is 2.37. The third-order valence-electron chi connectivity index (χ3n) is 4.95. The van der Waals surface area contributed by atoms with Gasteiger partial charge in [0.15, 0.2) is 0 Å². The molecule has 0 aromatic heterocycles. The third kappa shape index (κ3) is 5.44. The predicted octanol–water partition coefficient (Wildman–Crippen LogP) is 4.40. The van der Waals surface area contributed by atoms with Crippen LogP contribution >= 0.6 is 0 Å². The Morgan fingerprint density at radius 3 is 2.12 bits per heavy atom. The van der Waals surface area contributed by atoms with Crippen LogP contribution in [0.1, 0.15) is 26.3 Å². The van der Waals surface area contributed by atoms with Gasteiger partial charge in [-0.05, 0) is 56.7 Å². The minimum atomic E-state index is -0.661. The maximum absolute atomic E-state index is 13.4. The Morgan fingerprint density at radius 1 is 0.939 bits per heavy atom. The molecule has 1 heterocycles. The molecule has 172 valence electrons. The van der Waals surface area contributed by atoms with Crippen molar-refractivity contribution < 1.29 is 23.8 Å². The molecule has 0 N–H and O–H groups in total. The second-order valence-corrected chi connectivity index (χ2v) is 8.39. The number of carbonyl (C=O) groups excluding carboxylic acids is 2. The minimum Gasteiger partial charge on any atom is -0.497 e. The van der Waals surface area contributed by atoms with Crippen LogP contribution < -0.4 is 19.3 Å². The van der Waals surface area contributed by atoms with E-state index in [0.717, 1.165) is 0 Å². The van der Waals surface area contributed by atoms with Crippen molar-refractivity contribution in [1.29, 1.82) is 5.26 Å². The summed E-state index contributed by atoms with van der Waals surface area (Å²) in [5, 5.41) is 9.71. The van der Waals surface area contributed by atoms with Crippen molar-refractivity contribution in [2.75, 3.05) is 37.1 Å². The molecule has 33 heavy (non-hydrogen) atoms. The summed E-state index contributed by atoms with van der Waals surface area (Å²) in [6, 6.07) is 14.1. The van der Waals surface area contributed by atoms with Crippen molar-refractivity contribution in [3.8, 4) is 17.6 Å². The lowest BCUT2D eigenvalue weighted by molar-refractivity contribution is -0.114. The summed E-state index contributed by atoms with van der Waals surface area (Å²) < 4.78 is 16.0. The molecule has 3 rings (SSSR count). The van der Waals surface area contributed by atoms with Gasteiger partial charge in [-0.2, -0.15) is 5.26 Å². The van der Waals surface area contributed by atoms with Crippen molar-refractivity contribution in [3.05, 3.63) is 53.6 Å². The second kappa shape index (κ2) is 9.65. The summed E-state index contributed by atoms with van der Waals surface area (Å²) in [4.78, 5) is 29.1. The molecule has 0 spiro atoms. The van der Waals surface area contributed by atoms with E-state index in [9.17, 15) is 14.9 Å². The number of benzene rings is 2. The van der Waals surface area contributed by atoms with E-state index in [2.05, 4.69) is 0 Å². The van der Waals surface area contributed by atoms with E-state index in [0.29, 0.717) is 28.4 Å². The number of hydrogen-bond acceptors (Lipinski definition) is 6. The first kappa shape index (κ1) is 23.7. The van der Waals surface area contributed by atoms with Crippen LogP contribution in [-0.2, 0) is 9.53 Å². The third-order valence-corrected chi connectivity index (χ3v) is 4.95. The Hall–Kier alpha value is -3.99. The molecule has 8 heteroatoms. The first-order chi connectivity index (χ1) is 15.7. The number of ether oxygens (including phenoxy) is 3. The molecule has 8 nitrogen and oxygen atoms in total. The average molecular weight is 450 g/mol. The van der Waals surface area contributed by atoms with Gasteiger partial charge in [0, 0.05) is 19.2 Å². The fourth-order valence-electron chi connectivity index (χ4n) is 3.39. The van der Waals surface area contributed by atoms with E-state index in [1.807, 2.05) is 6.07 Å². The van der Waals surface area contributed by atoms with Gasteiger partial charge in [-0.1, -0.05) is 12.1 Å². The quantitative estimate of drug-likeness (QED) is 0.508. The minimum absolute atomic E-state index is 0.0281. The standard InChI is InChI=1S/C25H27N3O5/c1-25(2,3)33-24(30)28-13-12-27(22-15-20(32-5)10-11-21(22)28)23(29)18(16-26)14-17-6-8-19(31-4)9-7-17/h6-11,14-15H,12-13H2,1-5H3. The molecular formula is C25H27N3O5. The van der Waals surface area contributed by atoms with Crippen molar-refractivity contribution in [3.63, 3.8) is 0 Å². The first-order valence-corrected chi connectivity index (χ1v) is 10.4. The highest BCUT2D eigenvalue weighted by Gasteiger charge is 2.34. The number of fused-ring (bicyclic) bond motifs is 1. The van der Waals surface area contributed by atoms with Gasteiger partial charge in [-0.25, -0.2) is 4.79 Å². The lowest BCUT2D eigenvalue weighted by Gasteiger charge is -2.37. The molecule has 0 aliphatic carbocycles. The molecule has 0 unspecified atom stereocenters. The molecule has 1 aliphatic rings. The summed E-state index contributed by atoms with van der Waals surface area (Å²) in [6.45, 7) is 5.80. The average Bonchev–Trinajstić information content (AvgIpc) is 2.80. The summed E-state index contributed by atoms with van der Waals surface area (Å²) in [6.07, 6.45) is 1.03. The van der Waals surface area contributed by atoms with E-state index in [4.69, 9.17) is 14.2 Å². The highest BCUT2D eigenvalue weighted by molar-refractivity contribution is 6.14. The molecule has 0 fully saturated rings. The molecule has 2 amide bonds. The van der Waals surface area contributed by atoms with Crippen LogP contribution in [0.2, 0.25) is 0 Å².